The molecule has 184 valence electrons. The largest absolute Gasteiger partial charge is 0.455 e. The molecule has 1 atom stereocenters. The van der Waals surface area contributed by atoms with Gasteiger partial charge in [0.15, 0.2) is 0 Å². The summed E-state index contributed by atoms with van der Waals surface area (Å²) in [6.45, 7) is 6.91. The van der Waals surface area contributed by atoms with Crippen molar-refractivity contribution in [1.82, 2.24) is 0 Å². The third kappa shape index (κ3) is 5.40. The van der Waals surface area contributed by atoms with Gasteiger partial charge in [0.2, 0.25) is 0 Å². The molecule has 1 aliphatic rings. The van der Waals surface area contributed by atoms with Crippen LogP contribution in [0.25, 0.3) is 11.3 Å². The van der Waals surface area contributed by atoms with Crippen LogP contribution in [0.15, 0.2) is 80.6 Å². The van der Waals surface area contributed by atoms with Gasteiger partial charge in [0.25, 0.3) is 5.91 Å². The van der Waals surface area contributed by atoms with Crippen LogP contribution in [0.3, 0.4) is 0 Å². The summed E-state index contributed by atoms with van der Waals surface area (Å²) in [4.78, 5) is 19.5. The molecule has 1 unspecified atom stereocenters. The molecule has 1 aliphatic carbocycles. The Hall–Kier alpha value is -2.96. The standard InChI is InChI=1S/C30H29BrN2O2S/c1-30(2,3)20-12-14-24-26(17-20)36-29(27(24)28(34)33-22-10-5-4-6-11-22)32-18-23-13-15-25(35-23)19-8-7-9-21(31)16-19/h4-11,13,15-16,18,20H,12,14,17H2,1-3H3,(H,33,34)/b32-18-. The van der Waals surface area contributed by atoms with E-state index in [2.05, 4.69) is 42.0 Å². The average Bonchev–Trinajstić information content (AvgIpc) is 3.47. The second kappa shape index (κ2) is 10.2. The lowest BCUT2D eigenvalue weighted by Gasteiger charge is -2.33. The van der Waals surface area contributed by atoms with E-state index in [4.69, 9.17) is 9.41 Å². The maximum atomic E-state index is 13.5. The smallest absolute Gasteiger partial charge is 0.259 e. The lowest BCUT2D eigenvalue weighted by atomic mass is 9.72. The summed E-state index contributed by atoms with van der Waals surface area (Å²) in [5.41, 5.74) is 3.85. The highest BCUT2D eigenvalue weighted by atomic mass is 79.9. The molecule has 6 heteroatoms. The number of fused-ring (bicyclic) bond motifs is 1. The first-order valence-electron chi connectivity index (χ1n) is 12.2. The lowest BCUT2D eigenvalue weighted by Crippen LogP contribution is -2.27. The minimum Gasteiger partial charge on any atom is -0.455 e. The Balaban J connectivity index is 1.47. The van der Waals surface area contributed by atoms with Gasteiger partial charge in [-0.25, -0.2) is 4.99 Å². The highest BCUT2D eigenvalue weighted by Gasteiger charge is 2.33. The Bertz CT molecular complexity index is 1410. The van der Waals surface area contributed by atoms with Gasteiger partial charge < -0.3 is 9.73 Å². The minimum atomic E-state index is -0.102. The third-order valence-corrected chi connectivity index (χ3v) is 8.43. The Morgan fingerprint density at radius 2 is 1.92 bits per heavy atom. The molecule has 2 aromatic carbocycles. The molecule has 0 fully saturated rings. The van der Waals surface area contributed by atoms with Gasteiger partial charge >= 0.3 is 0 Å². The Labute approximate surface area is 224 Å². The predicted octanol–water partition coefficient (Wildman–Crippen LogP) is 8.92. The number of hydrogen-bond acceptors (Lipinski definition) is 4. The molecule has 0 saturated heterocycles. The van der Waals surface area contributed by atoms with Crippen molar-refractivity contribution in [3.8, 4) is 11.3 Å². The summed E-state index contributed by atoms with van der Waals surface area (Å²) in [6.07, 6.45) is 4.68. The molecular weight excluding hydrogens is 532 g/mol. The van der Waals surface area contributed by atoms with Crippen molar-refractivity contribution < 1.29 is 9.21 Å². The van der Waals surface area contributed by atoms with Crippen molar-refractivity contribution in [1.29, 1.82) is 0 Å². The van der Waals surface area contributed by atoms with Crippen LogP contribution in [0.5, 0.6) is 0 Å². The molecule has 4 aromatic rings. The number of halogens is 1. The fourth-order valence-corrected chi connectivity index (χ4v) is 6.36. The molecule has 1 N–H and O–H groups in total. The number of benzene rings is 2. The molecule has 36 heavy (non-hydrogen) atoms. The summed E-state index contributed by atoms with van der Waals surface area (Å²) in [5, 5.41) is 3.81. The van der Waals surface area contributed by atoms with E-state index < -0.39 is 0 Å². The van der Waals surface area contributed by atoms with Gasteiger partial charge in [-0.1, -0.05) is 67.0 Å². The quantitative estimate of drug-likeness (QED) is 0.247. The Morgan fingerprint density at radius 3 is 2.67 bits per heavy atom. The number of furan rings is 1. The molecule has 1 amide bonds. The maximum absolute atomic E-state index is 13.5. The van der Waals surface area contributed by atoms with Gasteiger partial charge in [-0.05, 0) is 72.6 Å². The van der Waals surface area contributed by atoms with Crippen LogP contribution in [0.2, 0.25) is 0 Å². The van der Waals surface area contributed by atoms with Gasteiger partial charge in [-0.15, -0.1) is 11.3 Å². The van der Waals surface area contributed by atoms with Gasteiger partial charge in [-0.3, -0.25) is 4.79 Å². The van der Waals surface area contributed by atoms with Crippen LogP contribution < -0.4 is 5.32 Å². The molecule has 0 saturated carbocycles. The first kappa shape index (κ1) is 24.7. The van der Waals surface area contributed by atoms with E-state index in [1.807, 2.05) is 66.7 Å². The predicted molar refractivity (Wildman–Crippen MR) is 153 cm³/mol. The fourth-order valence-electron chi connectivity index (χ4n) is 4.69. The van der Waals surface area contributed by atoms with Crippen LogP contribution in [0.4, 0.5) is 10.7 Å². The summed E-state index contributed by atoms with van der Waals surface area (Å²) < 4.78 is 7.04. The number of aliphatic imine (C=N–C) groups is 1. The number of carbonyl (C=O) groups is 1. The second-order valence-corrected chi connectivity index (χ2v) is 12.3. The van der Waals surface area contributed by atoms with E-state index in [9.17, 15) is 4.79 Å². The first-order valence-corrected chi connectivity index (χ1v) is 13.8. The summed E-state index contributed by atoms with van der Waals surface area (Å²) in [6, 6.07) is 21.4. The van der Waals surface area contributed by atoms with E-state index in [1.54, 1.807) is 17.6 Å². The summed E-state index contributed by atoms with van der Waals surface area (Å²) >= 11 is 5.15. The molecule has 5 rings (SSSR count). The van der Waals surface area contributed by atoms with Crippen molar-refractivity contribution in [2.75, 3.05) is 5.32 Å². The number of nitrogens with one attached hydrogen (secondary N) is 1. The number of carbonyl (C=O) groups excluding carboxylic acids is 1. The van der Waals surface area contributed by atoms with E-state index in [1.165, 1.54) is 4.88 Å². The first-order chi connectivity index (χ1) is 17.3. The van der Waals surface area contributed by atoms with Crippen molar-refractivity contribution in [2.24, 2.45) is 16.3 Å². The van der Waals surface area contributed by atoms with E-state index in [0.717, 1.165) is 51.3 Å². The molecule has 0 aliphatic heterocycles. The highest BCUT2D eigenvalue weighted by Crippen LogP contribution is 2.45. The maximum Gasteiger partial charge on any atom is 0.259 e. The summed E-state index contributed by atoms with van der Waals surface area (Å²) in [5.74, 6) is 1.91. The van der Waals surface area contributed by atoms with Gasteiger partial charge in [-0.2, -0.15) is 0 Å². The zero-order valence-corrected chi connectivity index (χ0v) is 23.1. The molecule has 2 heterocycles. The van der Waals surface area contributed by atoms with E-state index in [0.29, 0.717) is 17.2 Å². The number of thiophene rings is 1. The molecule has 0 radical (unpaired) electrons. The number of hydrogen-bond donors (Lipinski definition) is 1. The van der Waals surface area contributed by atoms with Crippen molar-refractivity contribution >= 4 is 50.1 Å². The van der Waals surface area contributed by atoms with Crippen molar-refractivity contribution in [3.05, 3.63) is 93.0 Å². The molecule has 2 aromatic heterocycles. The fraction of sp³-hybridized carbons (Fsp3) is 0.267. The molecule has 0 bridgehead atoms. The minimum absolute atomic E-state index is 0.102. The third-order valence-electron chi connectivity index (χ3n) is 6.78. The van der Waals surface area contributed by atoms with Gasteiger partial charge in [0.1, 0.15) is 16.5 Å². The van der Waals surface area contributed by atoms with Crippen LogP contribution in [-0.4, -0.2) is 12.1 Å². The van der Waals surface area contributed by atoms with Crippen molar-refractivity contribution in [2.45, 2.75) is 40.0 Å². The topological polar surface area (TPSA) is 54.6 Å². The number of anilines is 1. The zero-order valence-electron chi connectivity index (χ0n) is 20.7. The number of nitrogens with zero attached hydrogens (tertiary/aromatic N) is 1. The number of rotatable bonds is 5. The summed E-state index contributed by atoms with van der Waals surface area (Å²) in [7, 11) is 0. The highest BCUT2D eigenvalue weighted by molar-refractivity contribution is 9.10. The molecule has 0 spiro atoms. The Morgan fingerprint density at radius 1 is 1.11 bits per heavy atom. The number of para-hydroxylation sites is 1. The monoisotopic (exact) mass is 560 g/mol. The molecular formula is C30H29BrN2O2S. The van der Waals surface area contributed by atoms with Crippen LogP contribution >= 0.6 is 27.3 Å². The van der Waals surface area contributed by atoms with E-state index in [-0.39, 0.29) is 11.3 Å². The van der Waals surface area contributed by atoms with Crippen LogP contribution in [0.1, 0.15) is 53.8 Å². The van der Waals surface area contributed by atoms with Gasteiger partial charge in [0, 0.05) is 20.6 Å². The lowest BCUT2D eigenvalue weighted by molar-refractivity contribution is 0.102. The second-order valence-electron chi connectivity index (χ2n) is 10.3. The van der Waals surface area contributed by atoms with Crippen LogP contribution in [0, 0.1) is 11.3 Å². The Kier molecular flexibility index (Phi) is 7.00. The van der Waals surface area contributed by atoms with Gasteiger partial charge in [0.05, 0.1) is 11.8 Å². The average molecular weight is 562 g/mol. The zero-order chi connectivity index (χ0) is 25.3. The SMILES string of the molecule is CC(C)(C)C1CCc2c(sc(/N=C\c3ccc(-c4cccc(Br)c4)o3)c2C(=O)Nc2ccccc2)C1. The number of amides is 1. The molecule has 4 nitrogen and oxygen atoms in total. The van der Waals surface area contributed by atoms with Crippen LogP contribution in [-0.2, 0) is 12.8 Å². The van der Waals surface area contributed by atoms with E-state index >= 15 is 0 Å². The van der Waals surface area contributed by atoms with Crippen molar-refractivity contribution in [3.63, 3.8) is 0 Å². The normalized spacial score (nSPS) is 15.7.